The van der Waals surface area contributed by atoms with E-state index in [-0.39, 0.29) is 5.91 Å². The number of carbonyl (C=O) groups excluding carboxylic acids is 1. The molecule has 0 aromatic heterocycles. The van der Waals surface area contributed by atoms with E-state index < -0.39 is 0 Å². The van der Waals surface area contributed by atoms with E-state index in [9.17, 15) is 4.79 Å². The highest BCUT2D eigenvalue weighted by atomic mass is 16.1. The average Bonchev–Trinajstić information content (AvgIpc) is 2.54. The van der Waals surface area contributed by atoms with Crippen LogP contribution in [0.5, 0.6) is 0 Å². The zero-order chi connectivity index (χ0) is 16.7. The van der Waals surface area contributed by atoms with Crippen LogP contribution in [0.1, 0.15) is 63.0 Å². The van der Waals surface area contributed by atoms with Gasteiger partial charge in [0.25, 0.3) is 0 Å². The van der Waals surface area contributed by atoms with Crippen LogP contribution in [-0.2, 0) is 4.79 Å². The Morgan fingerprint density at radius 2 is 2.09 bits per heavy atom. The summed E-state index contributed by atoms with van der Waals surface area (Å²) in [5, 5.41) is 6.35. The van der Waals surface area contributed by atoms with Gasteiger partial charge in [0.05, 0.1) is 6.54 Å². The summed E-state index contributed by atoms with van der Waals surface area (Å²) in [7, 11) is 0. The molecule has 0 fully saturated rings. The van der Waals surface area contributed by atoms with Gasteiger partial charge in [0.15, 0.2) is 0 Å². The number of hydrogen-bond donors (Lipinski definition) is 2. The van der Waals surface area contributed by atoms with Crippen molar-refractivity contribution in [1.82, 2.24) is 5.32 Å². The molecule has 1 aliphatic rings. The number of para-hydroxylation sites is 1. The molecule has 0 atom stereocenters. The van der Waals surface area contributed by atoms with E-state index in [0.717, 1.165) is 18.7 Å². The van der Waals surface area contributed by atoms with Crippen molar-refractivity contribution in [3.8, 4) is 0 Å². The molecule has 0 aliphatic heterocycles. The van der Waals surface area contributed by atoms with Gasteiger partial charge in [0.2, 0.25) is 5.91 Å². The third kappa shape index (κ3) is 5.42. The first-order valence-electron chi connectivity index (χ1n) is 8.86. The second-order valence-corrected chi connectivity index (χ2v) is 6.76. The summed E-state index contributed by atoms with van der Waals surface area (Å²) in [4.78, 5) is 12.1. The van der Waals surface area contributed by atoms with Crippen LogP contribution in [0.15, 0.2) is 29.8 Å². The number of allylic oxidation sites excluding steroid dienone is 1. The molecule has 1 aliphatic carbocycles. The first-order valence-corrected chi connectivity index (χ1v) is 8.86. The Bertz CT molecular complexity index is 561. The second-order valence-electron chi connectivity index (χ2n) is 6.76. The molecule has 23 heavy (non-hydrogen) atoms. The number of nitrogens with one attached hydrogen (secondary N) is 2. The van der Waals surface area contributed by atoms with E-state index in [4.69, 9.17) is 0 Å². The van der Waals surface area contributed by atoms with E-state index in [1.165, 1.54) is 42.4 Å². The Balaban J connectivity index is 1.79. The molecule has 0 heterocycles. The Morgan fingerprint density at radius 3 is 2.78 bits per heavy atom. The Morgan fingerprint density at radius 1 is 1.26 bits per heavy atom. The molecule has 1 aromatic rings. The van der Waals surface area contributed by atoms with Crippen molar-refractivity contribution in [2.24, 2.45) is 0 Å². The molecular weight excluding hydrogens is 284 g/mol. The molecule has 0 spiro atoms. The maximum Gasteiger partial charge on any atom is 0.239 e. The zero-order valence-electron chi connectivity index (χ0n) is 14.7. The third-order valence-corrected chi connectivity index (χ3v) is 4.51. The Hall–Kier alpha value is -1.77. The van der Waals surface area contributed by atoms with Crippen LogP contribution >= 0.6 is 0 Å². The maximum absolute atomic E-state index is 12.1. The van der Waals surface area contributed by atoms with Crippen LogP contribution in [-0.4, -0.2) is 19.0 Å². The minimum absolute atomic E-state index is 0.0689. The highest BCUT2D eigenvalue weighted by molar-refractivity contribution is 5.81. The molecule has 0 saturated carbocycles. The monoisotopic (exact) mass is 314 g/mol. The molecular formula is C20H30N2O. The predicted octanol–water partition coefficient (Wildman–Crippen LogP) is 4.54. The highest BCUT2D eigenvalue weighted by Crippen LogP contribution is 2.27. The van der Waals surface area contributed by atoms with Crippen molar-refractivity contribution >= 4 is 11.6 Å². The number of anilines is 1. The smallest absolute Gasteiger partial charge is 0.239 e. The lowest BCUT2D eigenvalue weighted by atomic mass is 9.97. The van der Waals surface area contributed by atoms with E-state index in [1.807, 2.05) is 0 Å². The topological polar surface area (TPSA) is 41.1 Å². The van der Waals surface area contributed by atoms with Crippen molar-refractivity contribution < 1.29 is 4.79 Å². The fourth-order valence-electron chi connectivity index (χ4n) is 3.14. The number of carbonyl (C=O) groups is 1. The molecule has 126 valence electrons. The predicted molar refractivity (Wildman–Crippen MR) is 97.9 cm³/mol. The first-order chi connectivity index (χ1) is 11.1. The molecule has 3 heteroatoms. The lowest BCUT2D eigenvalue weighted by Gasteiger charge is -2.17. The van der Waals surface area contributed by atoms with Gasteiger partial charge >= 0.3 is 0 Å². The van der Waals surface area contributed by atoms with Crippen molar-refractivity contribution in [3.05, 3.63) is 41.0 Å². The van der Waals surface area contributed by atoms with Crippen LogP contribution in [0.3, 0.4) is 0 Å². The lowest BCUT2D eigenvalue weighted by Crippen LogP contribution is -2.31. The van der Waals surface area contributed by atoms with E-state index in [2.05, 4.69) is 55.7 Å². The largest absolute Gasteiger partial charge is 0.376 e. The zero-order valence-corrected chi connectivity index (χ0v) is 14.7. The molecule has 1 aromatic carbocycles. The molecule has 0 radical (unpaired) electrons. The van der Waals surface area contributed by atoms with Crippen molar-refractivity contribution in [3.63, 3.8) is 0 Å². The van der Waals surface area contributed by atoms with Crippen LogP contribution in [0, 0.1) is 6.92 Å². The quantitative estimate of drug-likeness (QED) is 0.726. The van der Waals surface area contributed by atoms with Gasteiger partial charge in [-0.2, -0.15) is 0 Å². The summed E-state index contributed by atoms with van der Waals surface area (Å²) in [5.74, 6) is 0.512. The average molecular weight is 314 g/mol. The summed E-state index contributed by atoms with van der Waals surface area (Å²) < 4.78 is 0. The van der Waals surface area contributed by atoms with Crippen LogP contribution in [0.4, 0.5) is 5.69 Å². The molecule has 0 bridgehead atoms. The summed E-state index contributed by atoms with van der Waals surface area (Å²) in [6.07, 6.45) is 8.36. The number of rotatable bonds is 7. The fourth-order valence-corrected chi connectivity index (χ4v) is 3.14. The minimum atomic E-state index is 0.0689. The number of benzene rings is 1. The molecule has 0 saturated heterocycles. The van der Waals surface area contributed by atoms with E-state index in [1.54, 1.807) is 0 Å². The molecule has 1 amide bonds. The van der Waals surface area contributed by atoms with Crippen LogP contribution < -0.4 is 10.6 Å². The van der Waals surface area contributed by atoms with Crippen molar-refractivity contribution in [2.45, 2.75) is 58.8 Å². The van der Waals surface area contributed by atoms with E-state index >= 15 is 0 Å². The molecule has 2 N–H and O–H groups in total. The Labute approximate surface area is 140 Å². The summed E-state index contributed by atoms with van der Waals surface area (Å²) in [6.45, 7) is 7.53. The third-order valence-electron chi connectivity index (χ3n) is 4.51. The fraction of sp³-hybridized carbons (Fsp3) is 0.550. The molecule has 0 unspecified atom stereocenters. The second kappa shape index (κ2) is 8.76. The SMILES string of the molecule is Cc1cccc(C(C)C)c1NCC(=O)NCCC1=CCCCC1. The van der Waals surface area contributed by atoms with Gasteiger partial charge < -0.3 is 10.6 Å². The van der Waals surface area contributed by atoms with Gasteiger partial charge in [-0.25, -0.2) is 0 Å². The Kier molecular flexibility index (Phi) is 6.69. The maximum atomic E-state index is 12.1. The number of amides is 1. The molecule has 2 rings (SSSR count). The van der Waals surface area contributed by atoms with Gasteiger partial charge in [-0.15, -0.1) is 0 Å². The summed E-state index contributed by atoms with van der Waals surface area (Å²) in [5.41, 5.74) is 5.07. The number of aryl methyl sites for hydroxylation is 1. The van der Waals surface area contributed by atoms with E-state index in [0.29, 0.717) is 12.5 Å². The highest BCUT2D eigenvalue weighted by Gasteiger charge is 2.10. The minimum Gasteiger partial charge on any atom is -0.376 e. The van der Waals surface area contributed by atoms with Gasteiger partial charge in [0.1, 0.15) is 0 Å². The van der Waals surface area contributed by atoms with Gasteiger partial charge in [-0.3, -0.25) is 4.79 Å². The lowest BCUT2D eigenvalue weighted by molar-refractivity contribution is -0.119. The van der Waals surface area contributed by atoms with Gasteiger partial charge in [-0.05, 0) is 56.1 Å². The first kappa shape index (κ1) is 17.6. The van der Waals surface area contributed by atoms with Crippen molar-refractivity contribution in [1.29, 1.82) is 0 Å². The summed E-state index contributed by atoms with van der Waals surface area (Å²) >= 11 is 0. The normalized spacial score (nSPS) is 14.5. The van der Waals surface area contributed by atoms with Gasteiger partial charge in [0, 0.05) is 12.2 Å². The summed E-state index contributed by atoms with van der Waals surface area (Å²) in [6, 6.07) is 6.29. The van der Waals surface area contributed by atoms with Crippen molar-refractivity contribution in [2.75, 3.05) is 18.4 Å². The van der Waals surface area contributed by atoms with Crippen LogP contribution in [0.25, 0.3) is 0 Å². The van der Waals surface area contributed by atoms with Crippen LogP contribution in [0.2, 0.25) is 0 Å². The standard InChI is InChI=1S/C20H30N2O/c1-15(2)18-11-7-8-16(3)20(18)22-14-19(23)21-13-12-17-9-5-4-6-10-17/h7-9,11,15,22H,4-6,10,12-14H2,1-3H3,(H,21,23). The molecule has 3 nitrogen and oxygen atoms in total. The van der Waals surface area contributed by atoms with Gasteiger partial charge in [-0.1, -0.05) is 43.7 Å². The number of hydrogen-bond acceptors (Lipinski definition) is 2.